The number of hydrogen-bond donors (Lipinski definition) is 3. The molecule has 1 aliphatic rings. The topological polar surface area (TPSA) is 150 Å². The Balaban J connectivity index is 2.23. The molecule has 6 N–H and O–H groups in total. The fraction of sp³-hybridized carbons (Fsp3) is 0.571. The zero-order chi connectivity index (χ0) is 18.3. The zero-order valence-corrected chi connectivity index (χ0v) is 14.5. The van der Waals surface area contributed by atoms with Crippen molar-refractivity contribution in [3.05, 3.63) is 23.5 Å². The molecule has 0 bridgehead atoms. The van der Waals surface area contributed by atoms with Gasteiger partial charge in [-0.2, -0.15) is 8.42 Å². The summed E-state index contributed by atoms with van der Waals surface area (Å²) < 4.78 is 23.6. The summed E-state index contributed by atoms with van der Waals surface area (Å²) in [6.07, 6.45) is 2.26. The van der Waals surface area contributed by atoms with Crippen LogP contribution >= 0.6 is 0 Å². The van der Waals surface area contributed by atoms with E-state index in [0.717, 1.165) is 6.20 Å². The first-order valence-corrected chi connectivity index (χ1v) is 9.06. The molecular weight excluding hydrogens is 336 g/mol. The normalized spacial score (nSPS) is 17.1. The average Bonchev–Trinajstić information content (AvgIpc) is 2.90. The van der Waals surface area contributed by atoms with Crippen molar-refractivity contribution >= 4 is 22.1 Å². The Morgan fingerprint density at radius 1 is 1.33 bits per heavy atom. The lowest BCUT2D eigenvalue weighted by Gasteiger charge is -2.34. The highest BCUT2D eigenvalue weighted by atomic mass is 32.2. The van der Waals surface area contributed by atoms with Gasteiger partial charge in [0, 0.05) is 19.3 Å². The van der Waals surface area contributed by atoms with E-state index in [0.29, 0.717) is 35.5 Å². The molecule has 1 saturated heterocycles. The van der Waals surface area contributed by atoms with E-state index < -0.39 is 21.7 Å². The SMILES string of the molecule is CC(C)([NH3+])C(=O)N1CCC(c2ccn(S(N)(=O)=O)c2C(=O)O)CC1. The summed E-state index contributed by atoms with van der Waals surface area (Å²) in [5.41, 5.74) is 3.22. The highest BCUT2D eigenvalue weighted by Crippen LogP contribution is 2.32. The van der Waals surface area contributed by atoms with Crippen LogP contribution in [-0.2, 0) is 15.0 Å². The number of aromatic carboxylic acids is 1. The molecule has 2 rings (SSSR count). The molecule has 1 aromatic heterocycles. The van der Waals surface area contributed by atoms with Crippen LogP contribution in [0.3, 0.4) is 0 Å². The third kappa shape index (κ3) is 3.60. The fourth-order valence-electron chi connectivity index (χ4n) is 3.01. The predicted octanol–water partition coefficient (Wildman–Crippen LogP) is -1.04. The van der Waals surface area contributed by atoms with Crippen LogP contribution in [0.1, 0.15) is 48.7 Å². The number of nitrogens with two attached hydrogens (primary N) is 1. The van der Waals surface area contributed by atoms with Gasteiger partial charge in [-0.1, -0.05) is 0 Å². The number of carboxylic acids is 1. The van der Waals surface area contributed by atoms with Gasteiger partial charge in [0.2, 0.25) is 0 Å². The number of likely N-dealkylation sites (tertiary alicyclic amines) is 1. The number of amides is 1. The predicted molar refractivity (Wildman–Crippen MR) is 85.4 cm³/mol. The van der Waals surface area contributed by atoms with Gasteiger partial charge in [0.25, 0.3) is 5.91 Å². The number of nitrogens with zero attached hydrogens (tertiary/aromatic N) is 2. The third-order valence-electron chi connectivity index (χ3n) is 4.16. The summed E-state index contributed by atoms with van der Waals surface area (Å²) in [6.45, 7) is 4.44. The monoisotopic (exact) mass is 359 g/mol. The van der Waals surface area contributed by atoms with Crippen LogP contribution in [0.15, 0.2) is 12.3 Å². The molecule has 10 heteroatoms. The largest absolute Gasteiger partial charge is 0.477 e. The number of carbonyl (C=O) groups is 2. The van der Waals surface area contributed by atoms with E-state index in [4.69, 9.17) is 5.14 Å². The van der Waals surface area contributed by atoms with Gasteiger partial charge < -0.3 is 15.7 Å². The molecule has 24 heavy (non-hydrogen) atoms. The molecule has 0 spiro atoms. The maximum absolute atomic E-state index is 12.2. The van der Waals surface area contributed by atoms with Crippen molar-refractivity contribution in [3.8, 4) is 0 Å². The Hall–Kier alpha value is -1.91. The smallest absolute Gasteiger partial charge is 0.353 e. The van der Waals surface area contributed by atoms with E-state index in [-0.39, 0.29) is 17.5 Å². The Labute approximate surface area is 140 Å². The Morgan fingerprint density at radius 3 is 2.29 bits per heavy atom. The van der Waals surface area contributed by atoms with Gasteiger partial charge in [-0.25, -0.2) is 13.9 Å². The number of aromatic nitrogens is 1. The highest BCUT2D eigenvalue weighted by Gasteiger charge is 2.35. The van der Waals surface area contributed by atoms with Crippen molar-refractivity contribution in [2.75, 3.05) is 13.1 Å². The molecule has 0 radical (unpaired) electrons. The Kier molecular flexibility index (Phi) is 4.75. The first kappa shape index (κ1) is 18.4. The molecule has 0 aliphatic carbocycles. The summed E-state index contributed by atoms with van der Waals surface area (Å²) in [5.74, 6) is -1.54. The molecular formula is C14H23N4O5S+. The van der Waals surface area contributed by atoms with Crippen LogP contribution in [0, 0.1) is 0 Å². The van der Waals surface area contributed by atoms with Crippen molar-refractivity contribution in [1.82, 2.24) is 8.87 Å². The van der Waals surface area contributed by atoms with Crippen LogP contribution in [-0.4, -0.2) is 52.9 Å². The van der Waals surface area contributed by atoms with Crippen molar-refractivity contribution < 1.29 is 28.8 Å². The Bertz CT molecular complexity index is 755. The second kappa shape index (κ2) is 6.19. The van der Waals surface area contributed by atoms with Crippen molar-refractivity contribution in [1.29, 1.82) is 0 Å². The summed E-state index contributed by atoms with van der Waals surface area (Å²) in [7, 11) is -4.18. The minimum atomic E-state index is -4.18. The second-order valence-electron chi connectivity index (χ2n) is 6.72. The molecule has 0 aromatic carbocycles. The number of rotatable bonds is 4. The van der Waals surface area contributed by atoms with Gasteiger partial charge >= 0.3 is 16.2 Å². The quantitative estimate of drug-likeness (QED) is 0.627. The fourth-order valence-corrected chi connectivity index (χ4v) is 3.68. The molecule has 2 heterocycles. The minimum Gasteiger partial charge on any atom is -0.477 e. The van der Waals surface area contributed by atoms with E-state index >= 15 is 0 Å². The van der Waals surface area contributed by atoms with Crippen molar-refractivity contribution in [2.45, 2.75) is 38.1 Å². The molecule has 0 atom stereocenters. The maximum Gasteiger partial charge on any atom is 0.353 e. The first-order chi connectivity index (χ1) is 10.9. The molecule has 0 saturated carbocycles. The lowest BCUT2D eigenvalue weighted by Crippen LogP contribution is -2.76. The maximum atomic E-state index is 12.2. The number of piperidine rings is 1. The van der Waals surface area contributed by atoms with Crippen LogP contribution in [0.25, 0.3) is 0 Å². The summed E-state index contributed by atoms with van der Waals surface area (Å²) >= 11 is 0. The number of carboxylic acid groups (broad SMARTS) is 1. The van der Waals surface area contributed by atoms with Crippen LogP contribution in [0.2, 0.25) is 0 Å². The molecule has 1 aliphatic heterocycles. The third-order valence-corrected chi connectivity index (χ3v) is 5.01. The van der Waals surface area contributed by atoms with Crippen LogP contribution in [0.4, 0.5) is 0 Å². The van der Waals surface area contributed by atoms with Gasteiger partial charge in [0.05, 0.1) is 0 Å². The minimum absolute atomic E-state index is 0.0542. The average molecular weight is 359 g/mol. The number of quaternary nitrogens is 1. The first-order valence-electron chi connectivity index (χ1n) is 7.55. The van der Waals surface area contributed by atoms with Gasteiger partial charge in [0.1, 0.15) is 5.69 Å². The van der Waals surface area contributed by atoms with Gasteiger partial charge in [-0.05, 0) is 44.2 Å². The van der Waals surface area contributed by atoms with Gasteiger partial charge in [-0.15, -0.1) is 0 Å². The molecule has 134 valence electrons. The molecule has 9 nitrogen and oxygen atoms in total. The van der Waals surface area contributed by atoms with Gasteiger partial charge in [-0.3, -0.25) is 4.79 Å². The van der Waals surface area contributed by atoms with Crippen molar-refractivity contribution in [2.24, 2.45) is 5.14 Å². The summed E-state index contributed by atoms with van der Waals surface area (Å²) in [4.78, 5) is 25.4. The van der Waals surface area contributed by atoms with Crippen LogP contribution in [0.5, 0.6) is 0 Å². The standard InChI is InChI=1S/C14H22N4O5S/c1-14(2,15)13(21)17-6-3-9(4-7-17)10-5-8-18(24(16,22)23)11(10)12(19)20/h5,8-9H,3-4,6-7,15H2,1-2H3,(H,19,20)(H2,16,22,23)/p+1. The second-order valence-corrected chi connectivity index (χ2v) is 8.14. The number of carbonyl (C=O) groups excluding carboxylic acids is 1. The lowest BCUT2D eigenvalue weighted by molar-refractivity contribution is -0.448. The van der Waals surface area contributed by atoms with Gasteiger partial charge in [0.15, 0.2) is 5.54 Å². The van der Waals surface area contributed by atoms with E-state index in [1.165, 1.54) is 6.07 Å². The van der Waals surface area contributed by atoms with E-state index in [2.05, 4.69) is 5.73 Å². The number of hydrogen-bond acceptors (Lipinski definition) is 4. The van der Waals surface area contributed by atoms with E-state index in [1.54, 1.807) is 18.7 Å². The summed E-state index contributed by atoms with van der Waals surface area (Å²) in [5, 5.41) is 14.4. The zero-order valence-electron chi connectivity index (χ0n) is 13.7. The van der Waals surface area contributed by atoms with Crippen LogP contribution < -0.4 is 10.9 Å². The van der Waals surface area contributed by atoms with E-state index in [9.17, 15) is 23.1 Å². The highest BCUT2D eigenvalue weighted by molar-refractivity contribution is 7.87. The van der Waals surface area contributed by atoms with E-state index in [1.807, 2.05) is 0 Å². The Morgan fingerprint density at radius 2 is 1.88 bits per heavy atom. The van der Waals surface area contributed by atoms with Crippen molar-refractivity contribution in [3.63, 3.8) is 0 Å². The summed E-state index contributed by atoms with van der Waals surface area (Å²) in [6, 6.07) is 1.47. The molecule has 1 amide bonds. The lowest BCUT2D eigenvalue weighted by atomic mass is 9.88. The molecule has 0 unspecified atom stereocenters. The molecule has 1 fully saturated rings. The molecule has 1 aromatic rings.